The number of allylic oxidation sites excluding steroid dienone is 4. The molecule has 0 aromatic heterocycles. The van der Waals surface area contributed by atoms with Crippen LogP contribution in [0.15, 0.2) is 23.3 Å². The van der Waals surface area contributed by atoms with Gasteiger partial charge in [0.1, 0.15) is 0 Å². The highest BCUT2D eigenvalue weighted by atomic mass is 127. The molecule has 0 unspecified atom stereocenters. The zero-order valence-corrected chi connectivity index (χ0v) is 8.52. The molecule has 0 fully saturated rings. The van der Waals surface area contributed by atoms with Gasteiger partial charge in [-0.25, -0.2) is 0 Å². The summed E-state index contributed by atoms with van der Waals surface area (Å²) in [6.07, 6.45) is 8.39. The van der Waals surface area contributed by atoms with Gasteiger partial charge >= 0.3 is 0 Å². The van der Waals surface area contributed by atoms with Crippen LogP contribution in [0.3, 0.4) is 0 Å². The van der Waals surface area contributed by atoms with Gasteiger partial charge in [0.05, 0.1) is 0 Å². The van der Waals surface area contributed by atoms with Gasteiger partial charge < -0.3 is 0 Å². The van der Waals surface area contributed by atoms with Crippen LogP contribution in [0.25, 0.3) is 0 Å². The Kier molecular flexibility index (Phi) is 3.46. The van der Waals surface area contributed by atoms with E-state index in [1.54, 1.807) is 11.1 Å². The maximum absolute atomic E-state index is 2.43. The van der Waals surface area contributed by atoms with E-state index in [0.29, 0.717) is 0 Å². The molecular formula is C9H13I. The van der Waals surface area contributed by atoms with Gasteiger partial charge in [0.2, 0.25) is 0 Å². The molecule has 1 rings (SSSR count). The van der Waals surface area contributed by atoms with Gasteiger partial charge in [-0.05, 0) is 19.3 Å². The summed E-state index contributed by atoms with van der Waals surface area (Å²) in [6.45, 7) is 2.23. The normalized spacial score (nSPS) is 18.2. The van der Waals surface area contributed by atoms with Crippen molar-refractivity contribution in [3.63, 3.8) is 0 Å². The third kappa shape index (κ3) is 2.11. The van der Waals surface area contributed by atoms with Crippen molar-refractivity contribution < 1.29 is 0 Å². The first-order valence-electron chi connectivity index (χ1n) is 3.80. The summed E-state index contributed by atoms with van der Waals surface area (Å²) in [6, 6.07) is 0. The van der Waals surface area contributed by atoms with Crippen molar-refractivity contribution in [3.05, 3.63) is 23.3 Å². The molecule has 0 nitrogen and oxygen atoms in total. The van der Waals surface area contributed by atoms with Crippen molar-refractivity contribution in [2.45, 2.75) is 26.2 Å². The average Bonchev–Trinajstić information content (AvgIpc) is 2.05. The lowest BCUT2D eigenvalue weighted by atomic mass is 9.98. The summed E-state index contributed by atoms with van der Waals surface area (Å²) in [5.41, 5.74) is 3.20. The number of hydrogen-bond donors (Lipinski definition) is 0. The highest BCUT2D eigenvalue weighted by molar-refractivity contribution is 14.1. The fraction of sp³-hybridized carbons (Fsp3) is 0.556. The van der Waals surface area contributed by atoms with Gasteiger partial charge in [0.15, 0.2) is 0 Å². The molecule has 1 aliphatic rings. The lowest BCUT2D eigenvalue weighted by molar-refractivity contribution is 0.862. The molecule has 0 saturated carbocycles. The van der Waals surface area contributed by atoms with E-state index in [4.69, 9.17) is 0 Å². The Balaban J connectivity index is 2.55. The average molecular weight is 248 g/mol. The smallest absolute Gasteiger partial charge is 0.0209 e. The summed E-state index contributed by atoms with van der Waals surface area (Å²) in [4.78, 5) is 0. The predicted octanol–water partition coefficient (Wildman–Crippen LogP) is 3.48. The summed E-state index contributed by atoms with van der Waals surface area (Å²) in [5.74, 6) is 0. The van der Waals surface area contributed by atoms with E-state index in [9.17, 15) is 0 Å². The molecule has 1 aliphatic carbocycles. The number of halogens is 1. The minimum atomic E-state index is 1.20. The van der Waals surface area contributed by atoms with Gasteiger partial charge in [0.25, 0.3) is 0 Å². The second-order valence-corrected chi connectivity index (χ2v) is 3.40. The molecule has 0 aliphatic heterocycles. The molecule has 0 aromatic rings. The van der Waals surface area contributed by atoms with Gasteiger partial charge in [0, 0.05) is 4.43 Å². The number of alkyl halides is 1. The third-order valence-electron chi connectivity index (χ3n) is 1.95. The predicted molar refractivity (Wildman–Crippen MR) is 54.6 cm³/mol. The van der Waals surface area contributed by atoms with Gasteiger partial charge in [-0.2, -0.15) is 0 Å². The minimum absolute atomic E-state index is 1.20. The van der Waals surface area contributed by atoms with Crippen LogP contribution in [0, 0.1) is 0 Å². The van der Waals surface area contributed by atoms with Crippen molar-refractivity contribution in [2.75, 3.05) is 4.43 Å². The zero-order chi connectivity index (χ0) is 7.40. The fourth-order valence-corrected chi connectivity index (χ4v) is 1.77. The summed E-state index contributed by atoms with van der Waals surface area (Å²) in [5, 5.41) is 0. The van der Waals surface area contributed by atoms with E-state index in [-0.39, 0.29) is 0 Å². The Hall–Kier alpha value is 0.210. The van der Waals surface area contributed by atoms with Crippen LogP contribution < -0.4 is 0 Å². The summed E-state index contributed by atoms with van der Waals surface area (Å²) < 4.78 is 1.20. The molecule has 0 atom stereocenters. The van der Waals surface area contributed by atoms with Crippen LogP contribution in [-0.2, 0) is 0 Å². The Morgan fingerprint density at radius 3 is 2.30 bits per heavy atom. The maximum atomic E-state index is 2.43. The Labute approximate surface area is 76.5 Å². The topological polar surface area (TPSA) is 0 Å². The fourth-order valence-electron chi connectivity index (χ4n) is 1.13. The van der Waals surface area contributed by atoms with Gasteiger partial charge in [-0.15, -0.1) is 0 Å². The summed E-state index contributed by atoms with van der Waals surface area (Å²) in [7, 11) is 0. The molecule has 10 heavy (non-hydrogen) atoms. The Morgan fingerprint density at radius 2 is 1.90 bits per heavy atom. The number of rotatable bonds is 2. The highest BCUT2D eigenvalue weighted by Gasteiger charge is 2.02. The largest absolute Gasteiger partial charge is 0.0815 e. The van der Waals surface area contributed by atoms with Crippen LogP contribution in [0.4, 0.5) is 0 Å². The first-order valence-corrected chi connectivity index (χ1v) is 5.32. The lowest BCUT2D eigenvalue weighted by Gasteiger charge is -2.10. The minimum Gasteiger partial charge on any atom is -0.0815 e. The molecule has 0 aromatic carbocycles. The molecule has 0 radical (unpaired) electrons. The Morgan fingerprint density at radius 1 is 1.30 bits per heavy atom. The molecule has 0 saturated heterocycles. The number of hydrogen-bond acceptors (Lipinski definition) is 0. The van der Waals surface area contributed by atoms with Crippen LogP contribution in [-0.4, -0.2) is 4.43 Å². The second-order valence-electron chi connectivity index (χ2n) is 2.64. The van der Waals surface area contributed by atoms with E-state index < -0.39 is 0 Å². The molecular weight excluding hydrogens is 235 g/mol. The van der Waals surface area contributed by atoms with E-state index in [2.05, 4.69) is 41.7 Å². The molecule has 56 valence electrons. The lowest BCUT2D eigenvalue weighted by Crippen LogP contribution is -1.92. The highest BCUT2D eigenvalue weighted by Crippen LogP contribution is 2.21. The maximum Gasteiger partial charge on any atom is 0.0209 e. The van der Waals surface area contributed by atoms with Crippen molar-refractivity contribution >= 4 is 22.6 Å². The van der Waals surface area contributed by atoms with E-state index in [1.807, 2.05) is 0 Å². The molecule has 0 heterocycles. The molecule has 0 bridgehead atoms. The standard InChI is InChI=1S/C9H13I/c1-2-8-3-5-9(7-10)6-4-8/h3,5H,2,4,6-7H2,1H3. The van der Waals surface area contributed by atoms with Crippen LogP contribution in [0.5, 0.6) is 0 Å². The monoisotopic (exact) mass is 248 g/mol. The van der Waals surface area contributed by atoms with Crippen LogP contribution in [0.1, 0.15) is 26.2 Å². The van der Waals surface area contributed by atoms with Crippen LogP contribution in [0.2, 0.25) is 0 Å². The zero-order valence-electron chi connectivity index (χ0n) is 6.36. The van der Waals surface area contributed by atoms with E-state index in [1.165, 1.54) is 23.7 Å². The van der Waals surface area contributed by atoms with Gasteiger partial charge in [-0.1, -0.05) is 52.8 Å². The summed E-state index contributed by atoms with van der Waals surface area (Å²) >= 11 is 2.43. The second kappa shape index (κ2) is 4.16. The van der Waals surface area contributed by atoms with Crippen molar-refractivity contribution in [1.29, 1.82) is 0 Å². The Bertz CT molecular complexity index is 146. The first-order chi connectivity index (χ1) is 4.86. The van der Waals surface area contributed by atoms with Crippen molar-refractivity contribution in [1.82, 2.24) is 0 Å². The SMILES string of the molecule is CCC1=CC=C(CI)CC1. The molecule has 1 heteroatoms. The van der Waals surface area contributed by atoms with E-state index >= 15 is 0 Å². The van der Waals surface area contributed by atoms with E-state index in [0.717, 1.165) is 0 Å². The quantitative estimate of drug-likeness (QED) is 0.518. The first kappa shape index (κ1) is 8.31. The molecule has 0 spiro atoms. The molecule has 0 N–H and O–H groups in total. The van der Waals surface area contributed by atoms with Crippen molar-refractivity contribution in [3.8, 4) is 0 Å². The van der Waals surface area contributed by atoms with Gasteiger partial charge in [-0.3, -0.25) is 0 Å². The third-order valence-corrected chi connectivity index (χ3v) is 2.93. The van der Waals surface area contributed by atoms with Crippen LogP contribution >= 0.6 is 22.6 Å². The molecule has 0 amide bonds. The van der Waals surface area contributed by atoms with Crippen molar-refractivity contribution in [2.24, 2.45) is 0 Å².